The summed E-state index contributed by atoms with van der Waals surface area (Å²) in [4.78, 5) is 12.1. The molecule has 0 saturated carbocycles. The van der Waals surface area contributed by atoms with Crippen LogP contribution in [0.15, 0.2) is 53.0 Å². The van der Waals surface area contributed by atoms with Crippen LogP contribution in [0, 0.1) is 0 Å². The molecule has 0 saturated heterocycles. The maximum Gasteiger partial charge on any atom is 0.265 e. The van der Waals surface area contributed by atoms with E-state index in [9.17, 15) is 4.79 Å². The van der Waals surface area contributed by atoms with Gasteiger partial charge in [-0.15, -0.1) is 0 Å². The molecule has 0 unspecified atom stereocenters. The van der Waals surface area contributed by atoms with Gasteiger partial charge in [0.2, 0.25) is 0 Å². The summed E-state index contributed by atoms with van der Waals surface area (Å²) >= 11 is 3.40. The second-order valence-electron chi connectivity index (χ2n) is 4.73. The maximum absolute atomic E-state index is 12.1. The van der Waals surface area contributed by atoms with Crippen molar-refractivity contribution < 1.29 is 9.53 Å². The van der Waals surface area contributed by atoms with Crippen molar-refractivity contribution in [2.45, 2.75) is 26.4 Å². The number of amides is 1. The first kappa shape index (κ1) is 15.6. The molecule has 0 heterocycles. The van der Waals surface area contributed by atoms with Crippen LogP contribution in [0.4, 0.5) is 5.69 Å². The van der Waals surface area contributed by atoms with Gasteiger partial charge in [-0.3, -0.25) is 4.79 Å². The van der Waals surface area contributed by atoms with Gasteiger partial charge in [-0.1, -0.05) is 31.2 Å². The Morgan fingerprint density at radius 1 is 1.19 bits per heavy atom. The third kappa shape index (κ3) is 4.33. The van der Waals surface area contributed by atoms with E-state index in [1.165, 1.54) is 5.56 Å². The molecule has 1 N–H and O–H groups in total. The van der Waals surface area contributed by atoms with Gasteiger partial charge in [-0.05, 0) is 59.1 Å². The van der Waals surface area contributed by atoms with Crippen molar-refractivity contribution in [1.82, 2.24) is 0 Å². The van der Waals surface area contributed by atoms with Crippen LogP contribution in [0.5, 0.6) is 5.75 Å². The number of ether oxygens (including phenoxy) is 1. The first-order chi connectivity index (χ1) is 10.1. The highest BCUT2D eigenvalue weighted by Gasteiger charge is 2.15. The molecule has 3 nitrogen and oxygen atoms in total. The zero-order valence-electron chi connectivity index (χ0n) is 12.1. The average molecular weight is 348 g/mol. The highest BCUT2D eigenvalue weighted by molar-refractivity contribution is 9.10. The third-order valence-corrected chi connectivity index (χ3v) is 3.84. The monoisotopic (exact) mass is 347 g/mol. The van der Waals surface area contributed by atoms with Crippen LogP contribution in [0.1, 0.15) is 19.4 Å². The highest BCUT2D eigenvalue weighted by Crippen LogP contribution is 2.22. The van der Waals surface area contributed by atoms with E-state index in [1.807, 2.05) is 48.5 Å². The van der Waals surface area contributed by atoms with Crippen molar-refractivity contribution >= 4 is 27.5 Å². The third-order valence-electron chi connectivity index (χ3n) is 3.15. The van der Waals surface area contributed by atoms with Crippen molar-refractivity contribution in [3.63, 3.8) is 0 Å². The van der Waals surface area contributed by atoms with E-state index in [0.717, 1.165) is 16.6 Å². The maximum atomic E-state index is 12.1. The molecule has 0 aliphatic carbocycles. The lowest BCUT2D eigenvalue weighted by Gasteiger charge is -2.15. The molecule has 4 heteroatoms. The summed E-state index contributed by atoms with van der Waals surface area (Å²) in [6.07, 6.45) is 0.419. The summed E-state index contributed by atoms with van der Waals surface area (Å²) in [7, 11) is 0. The van der Waals surface area contributed by atoms with E-state index in [4.69, 9.17) is 4.74 Å². The van der Waals surface area contributed by atoms with Gasteiger partial charge in [0.1, 0.15) is 5.75 Å². The number of carbonyl (C=O) groups excluding carboxylic acids is 1. The quantitative estimate of drug-likeness (QED) is 0.869. The Hall–Kier alpha value is -1.81. The standard InChI is InChI=1S/C17H18BrNO2/c1-3-13-8-10-14(11-9-13)21-12(2)17(20)19-16-7-5-4-6-15(16)18/h4-12H,3H2,1-2H3,(H,19,20)/t12-/m1/s1. The molecule has 0 radical (unpaired) electrons. The van der Waals surface area contributed by atoms with E-state index < -0.39 is 6.10 Å². The fourth-order valence-corrected chi connectivity index (χ4v) is 2.24. The van der Waals surface area contributed by atoms with E-state index in [0.29, 0.717) is 5.75 Å². The second-order valence-corrected chi connectivity index (χ2v) is 5.58. The summed E-state index contributed by atoms with van der Waals surface area (Å²) in [6.45, 7) is 3.84. The van der Waals surface area contributed by atoms with Gasteiger partial charge in [0.05, 0.1) is 5.69 Å². The van der Waals surface area contributed by atoms with Crippen LogP contribution in [0.3, 0.4) is 0 Å². The van der Waals surface area contributed by atoms with Crippen LogP contribution in [0.2, 0.25) is 0 Å². The number of anilines is 1. The molecule has 2 aromatic rings. The van der Waals surface area contributed by atoms with Crippen LogP contribution < -0.4 is 10.1 Å². The lowest BCUT2D eigenvalue weighted by atomic mass is 10.2. The number of halogens is 1. The van der Waals surface area contributed by atoms with E-state index in [2.05, 4.69) is 28.2 Å². The first-order valence-corrected chi connectivity index (χ1v) is 7.70. The molecule has 2 rings (SSSR count). The van der Waals surface area contributed by atoms with Crippen molar-refractivity contribution in [3.05, 3.63) is 58.6 Å². The number of nitrogens with one attached hydrogen (secondary N) is 1. The molecule has 0 aliphatic heterocycles. The van der Waals surface area contributed by atoms with Gasteiger partial charge >= 0.3 is 0 Å². The average Bonchev–Trinajstić information content (AvgIpc) is 2.50. The van der Waals surface area contributed by atoms with Gasteiger partial charge in [0.25, 0.3) is 5.91 Å². The van der Waals surface area contributed by atoms with Gasteiger partial charge in [0, 0.05) is 4.47 Å². The summed E-state index contributed by atoms with van der Waals surface area (Å²) in [5.41, 5.74) is 1.98. The second kappa shape index (κ2) is 7.27. The minimum atomic E-state index is -0.565. The lowest BCUT2D eigenvalue weighted by molar-refractivity contribution is -0.122. The molecule has 0 aliphatic rings. The Morgan fingerprint density at radius 3 is 2.48 bits per heavy atom. The van der Waals surface area contributed by atoms with E-state index in [1.54, 1.807) is 6.92 Å². The number of para-hydroxylation sites is 1. The molecule has 1 amide bonds. The molecule has 2 aromatic carbocycles. The Bertz CT molecular complexity index is 610. The summed E-state index contributed by atoms with van der Waals surface area (Å²) in [6, 6.07) is 15.3. The topological polar surface area (TPSA) is 38.3 Å². The zero-order valence-corrected chi connectivity index (χ0v) is 13.7. The Labute approximate surface area is 133 Å². The SMILES string of the molecule is CCc1ccc(O[C@H](C)C(=O)Nc2ccccc2Br)cc1. The smallest absolute Gasteiger partial charge is 0.265 e. The number of rotatable bonds is 5. The predicted octanol–water partition coefficient (Wildman–Crippen LogP) is 4.42. The zero-order chi connectivity index (χ0) is 15.2. The van der Waals surface area contributed by atoms with Crippen LogP contribution in [0.25, 0.3) is 0 Å². The molecule has 0 fully saturated rings. The first-order valence-electron chi connectivity index (χ1n) is 6.91. The number of carbonyl (C=O) groups is 1. The summed E-state index contributed by atoms with van der Waals surface area (Å²) < 4.78 is 6.51. The van der Waals surface area contributed by atoms with Gasteiger partial charge in [-0.2, -0.15) is 0 Å². The van der Waals surface area contributed by atoms with Crippen molar-refractivity contribution in [1.29, 1.82) is 0 Å². The molecular formula is C17H18BrNO2. The number of aryl methyl sites for hydroxylation is 1. The minimum absolute atomic E-state index is 0.179. The highest BCUT2D eigenvalue weighted by atomic mass is 79.9. The fraction of sp³-hybridized carbons (Fsp3) is 0.235. The molecular weight excluding hydrogens is 330 g/mol. The van der Waals surface area contributed by atoms with Crippen LogP contribution in [-0.2, 0) is 11.2 Å². The van der Waals surface area contributed by atoms with E-state index in [-0.39, 0.29) is 5.91 Å². The Balaban J connectivity index is 1.97. The van der Waals surface area contributed by atoms with Crippen molar-refractivity contribution in [3.8, 4) is 5.75 Å². The number of hydrogen-bond donors (Lipinski definition) is 1. The number of benzene rings is 2. The molecule has 21 heavy (non-hydrogen) atoms. The summed E-state index contributed by atoms with van der Waals surface area (Å²) in [5.74, 6) is 0.517. The van der Waals surface area contributed by atoms with Crippen molar-refractivity contribution in [2.75, 3.05) is 5.32 Å². The molecule has 110 valence electrons. The molecule has 1 atom stereocenters. The van der Waals surface area contributed by atoms with Crippen LogP contribution in [-0.4, -0.2) is 12.0 Å². The van der Waals surface area contributed by atoms with Gasteiger partial charge in [-0.25, -0.2) is 0 Å². The fourth-order valence-electron chi connectivity index (χ4n) is 1.86. The van der Waals surface area contributed by atoms with Crippen molar-refractivity contribution in [2.24, 2.45) is 0 Å². The van der Waals surface area contributed by atoms with E-state index >= 15 is 0 Å². The molecule has 0 spiro atoms. The predicted molar refractivity (Wildman–Crippen MR) is 88.7 cm³/mol. The number of hydrogen-bond acceptors (Lipinski definition) is 2. The largest absolute Gasteiger partial charge is 0.481 e. The molecule has 0 aromatic heterocycles. The Morgan fingerprint density at radius 2 is 1.86 bits per heavy atom. The normalized spacial score (nSPS) is 11.8. The van der Waals surface area contributed by atoms with Gasteiger partial charge < -0.3 is 10.1 Å². The lowest BCUT2D eigenvalue weighted by Crippen LogP contribution is -2.30. The van der Waals surface area contributed by atoms with Crippen LogP contribution >= 0.6 is 15.9 Å². The Kier molecular flexibility index (Phi) is 5.39. The summed E-state index contributed by atoms with van der Waals surface area (Å²) in [5, 5.41) is 2.84. The minimum Gasteiger partial charge on any atom is -0.481 e. The van der Waals surface area contributed by atoms with Gasteiger partial charge in [0.15, 0.2) is 6.10 Å². The molecule has 0 bridgehead atoms.